The standard InChI is InChI=1S/C18H18Cl2N2O/c1-11-16(22-23)10-17(12-2-6-14(19)7-3-12)21-18(11)13-4-8-15(20)9-5-13/h2-9,11,17-18,21,23H,10H2,1H3/b22-16+/t11-,17+,18+/m1/s1. The average molecular weight is 349 g/mol. The van der Waals surface area contributed by atoms with Gasteiger partial charge in [-0.2, -0.15) is 0 Å². The van der Waals surface area contributed by atoms with E-state index in [-0.39, 0.29) is 18.0 Å². The summed E-state index contributed by atoms with van der Waals surface area (Å²) >= 11 is 12.0. The first-order valence-corrected chi connectivity index (χ1v) is 8.32. The summed E-state index contributed by atoms with van der Waals surface area (Å²) in [5.74, 6) is 0.102. The largest absolute Gasteiger partial charge is 0.411 e. The van der Waals surface area contributed by atoms with Gasteiger partial charge in [0.1, 0.15) is 0 Å². The summed E-state index contributed by atoms with van der Waals surface area (Å²) in [5, 5.41) is 18.0. The zero-order chi connectivity index (χ0) is 16.4. The molecule has 0 bridgehead atoms. The first kappa shape index (κ1) is 16.3. The number of nitrogens with zero attached hydrogens (tertiary/aromatic N) is 1. The van der Waals surface area contributed by atoms with Crippen LogP contribution < -0.4 is 5.32 Å². The van der Waals surface area contributed by atoms with Crippen molar-refractivity contribution in [2.75, 3.05) is 0 Å². The SMILES string of the molecule is C[C@@H]1/C(=N/O)C[C@@H](c2ccc(Cl)cc2)N[C@@H]1c1ccc(Cl)cc1. The smallest absolute Gasteiger partial charge is 0.0636 e. The number of rotatable bonds is 2. The van der Waals surface area contributed by atoms with Crippen LogP contribution in [0.1, 0.15) is 36.6 Å². The van der Waals surface area contributed by atoms with Gasteiger partial charge in [-0.1, -0.05) is 59.5 Å². The molecule has 3 atom stereocenters. The summed E-state index contributed by atoms with van der Waals surface area (Å²) in [6.07, 6.45) is 0.670. The molecular weight excluding hydrogens is 331 g/mol. The zero-order valence-electron chi connectivity index (χ0n) is 12.7. The maximum atomic E-state index is 9.40. The van der Waals surface area contributed by atoms with E-state index in [4.69, 9.17) is 23.2 Å². The molecule has 0 radical (unpaired) electrons. The van der Waals surface area contributed by atoms with Gasteiger partial charge in [-0.15, -0.1) is 0 Å². The Bertz CT molecular complexity index is 698. The molecule has 3 nitrogen and oxygen atoms in total. The van der Waals surface area contributed by atoms with Crippen LogP contribution in [0.3, 0.4) is 0 Å². The predicted molar refractivity (Wildman–Crippen MR) is 94.5 cm³/mol. The maximum absolute atomic E-state index is 9.40. The highest BCUT2D eigenvalue weighted by atomic mass is 35.5. The van der Waals surface area contributed by atoms with Crippen LogP contribution in [-0.2, 0) is 0 Å². The normalized spacial score (nSPS) is 26.4. The van der Waals surface area contributed by atoms with E-state index in [2.05, 4.69) is 17.4 Å². The Kier molecular flexibility index (Phi) is 4.90. The van der Waals surface area contributed by atoms with Crippen molar-refractivity contribution in [1.82, 2.24) is 5.32 Å². The van der Waals surface area contributed by atoms with Gasteiger partial charge in [0.05, 0.1) is 5.71 Å². The van der Waals surface area contributed by atoms with Crippen LogP contribution in [0.25, 0.3) is 0 Å². The second-order valence-electron chi connectivity index (χ2n) is 5.88. The third-order valence-corrected chi connectivity index (χ3v) is 4.95. The monoisotopic (exact) mass is 348 g/mol. The van der Waals surface area contributed by atoms with Gasteiger partial charge in [0.2, 0.25) is 0 Å². The summed E-state index contributed by atoms with van der Waals surface area (Å²) < 4.78 is 0. The number of hydrogen-bond acceptors (Lipinski definition) is 3. The van der Waals surface area contributed by atoms with E-state index >= 15 is 0 Å². The van der Waals surface area contributed by atoms with E-state index in [9.17, 15) is 5.21 Å². The molecule has 1 fully saturated rings. The first-order chi connectivity index (χ1) is 11.1. The van der Waals surface area contributed by atoms with Crippen molar-refractivity contribution in [3.05, 3.63) is 69.7 Å². The fraction of sp³-hybridized carbons (Fsp3) is 0.278. The van der Waals surface area contributed by atoms with Crippen molar-refractivity contribution in [2.24, 2.45) is 11.1 Å². The first-order valence-electron chi connectivity index (χ1n) is 7.56. The number of oxime groups is 1. The van der Waals surface area contributed by atoms with Gasteiger partial charge in [-0.25, -0.2) is 0 Å². The van der Waals surface area contributed by atoms with Gasteiger partial charge in [-0.05, 0) is 35.4 Å². The van der Waals surface area contributed by atoms with Crippen LogP contribution in [0, 0.1) is 5.92 Å². The van der Waals surface area contributed by atoms with Crippen molar-refractivity contribution < 1.29 is 5.21 Å². The van der Waals surface area contributed by atoms with E-state index in [1.165, 1.54) is 0 Å². The molecule has 1 saturated heterocycles. The minimum atomic E-state index is 0.0626. The average Bonchev–Trinajstić information content (AvgIpc) is 2.57. The van der Waals surface area contributed by atoms with Gasteiger partial charge in [0.25, 0.3) is 0 Å². The minimum Gasteiger partial charge on any atom is -0.411 e. The van der Waals surface area contributed by atoms with Gasteiger partial charge in [0.15, 0.2) is 0 Å². The topological polar surface area (TPSA) is 44.6 Å². The van der Waals surface area contributed by atoms with Crippen LogP contribution in [0.4, 0.5) is 0 Å². The summed E-state index contributed by atoms with van der Waals surface area (Å²) in [6.45, 7) is 2.07. The quantitative estimate of drug-likeness (QED) is 0.576. The molecule has 2 aromatic carbocycles. The number of benzene rings is 2. The Labute approximate surface area is 145 Å². The Morgan fingerprint density at radius 3 is 2.00 bits per heavy atom. The third kappa shape index (κ3) is 3.52. The molecule has 120 valence electrons. The van der Waals surface area contributed by atoms with Crippen LogP contribution in [-0.4, -0.2) is 10.9 Å². The lowest BCUT2D eigenvalue weighted by atomic mass is 9.81. The van der Waals surface area contributed by atoms with E-state index in [1.54, 1.807) is 0 Å². The maximum Gasteiger partial charge on any atom is 0.0636 e. The van der Waals surface area contributed by atoms with E-state index in [0.717, 1.165) is 16.8 Å². The number of nitrogens with one attached hydrogen (secondary N) is 1. The highest BCUT2D eigenvalue weighted by Crippen LogP contribution is 2.35. The molecule has 1 aliphatic rings. The molecule has 2 N–H and O–H groups in total. The molecule has 5 heteroatoms. The molecule has 1 heterocycles. The molecule has 0 aliphatic carbocycles. The van der Waals surface area contributed by atoms with Crippen LogP contribution >= 0.6 is 23.2 Å². The van der Waals surface area contributed by atoms with E-state index in [0.29, 0.717) is 16.5 Å². The van der Waals surface area contributed by atoms with Crippen molar-refractivity contribution in [3.63, 3.8) is 0 Å². The predicted octanol–water partition coefficient (Wildman–Crippen LogP) is 5.24. The fourth-order valence-electron chi connectivity index (χ4n) is 3.10. The Morgan fingerprint density at radius 2 is 1.48 bits per heavy atom. The number of piperidine rings is 1. The second-order valence-corrected chi connectivity index (χ2v) is 6.76. The molecule has 3 rings (SSSR count). The molecule has 0 saturated carbocycles. The molecule has 23 heavy (non-hydrogen) atoms. The lowest BCUT2D eigenvalue weighted by Gasteiger charge is -2.37. The lowest BCUT2D eigenvalue weighted by molar-refractivity contribution is 0.294. The second kappa shape index (κ2) is 6.91. The van der Waals surface area contributed by atoms with Crippen LogP contribution in [0.15, 0.2) is 53.7 Å². The van der Waals surface area contributed by atoms with Crippen LogP contribution in [0.2, 0.25) is 10.0 Å². The molecule has 0 spiro atoms. The Hall–Kier alpha value is -1.55. The molecule has 0 aromatic heterocycles. The summed E-state index contributed by atoms with van der Waals surface area (Å²) in [6, 6.07) is 15.7. The molecule has 0 unspecified atom stereocenters. The van der Waals surface area contributed by atoms with Gasteiger partial charge >= 0.3 is 0 Å². The number of hydrogen-bond donors (Lipinski definition) is 2. The highest BCUT2D eigenvalue weighted by molar-refractivity contribution is 6.30. The van der Waals surface area contributed by atoms with Gasteiger partial charge in [0, 0.05) is 34.5 Å². The van der Waals surface area contributed by atoms with Crippen molar-refractivity contribution in [3.8, 4) is 0 Å². The Balaban J connectivity index is 1.92. The summed E-state index contributed by atoms with van der Waals surface area (Å²) in [7, 11) is 0. The lowest BCUT2D eigenvalue weighted by Crippen LogP contribution is -2.41. The summed E-state index contributed by atoms with van der Waals surface area (Å²) in [4.78, 5) is 0. The van der Waals surface area contributed by atoms with Crippen molar-refractivity contribution >= 4 is 28.9 Å². The Morgan fingerprint density at radius 1 is 0.957 bits per heavy atom. The molecule has 0 amide bonds. The zero-order valence-corrected chi connectivity index (χ0v) is 14.2. The molecule has 2 aromatic rings. The van der Waals surface area contributed by atoms with Crippen molar-refractivity contribution in [2.45, 2.75) is 25.4 Å². The van der Waals surface area contributed by atoms with Gasteiger partial charge in [-0.3, -0.25) is 0 Å². The minimum absolute atomic E-state index is 0.0626. The van der Waals surface area contributed by atoms with E-state index < -0.39 is 0 Å². The molecular formula is C18H18Cl2N2O. The van der Waals surface area contributed by atoms with Gasteiger partial charge < -0.3 is 10.5 Å². The number of halogens is 2. The van der Waals surface area contributed by atoms with Crippen LogP contribution in [0.5, 0.6) is 0 Å². The van der Waals surface area contributed by atoms with Crippen molar-refractivity contribution in [1.29, 1.82) is 0 Å². The third-order valence-electron chi connectivity index (χ3n) is 4.45. The van der Waals surface area contributed by atoms with E-state index in [1.807, 2.05) is 48.5 Å². The molecule has 1 aliphatic heterocycles. The highest BCUT2D eigenvalue weighted by Gasteiger charge is 2.33. The fourth-order valence-corrected chi connectivity index (χ4v) is 3.36. The summed E-state index contributed by atoms with van der Waals surface area (Å²) in [5.41, 5.74) is 3.05.